The van der Waals surface area contributed by atoms with E-state index in [1.54, 1.807) is 11.3 Å². The highest BCUT2D eigenvalue weighted by Crippen LogP contribution is 2.23. The first-order valence-corrected chi connectivity index (χ1v) is 4.47. The molecule has 0 amide bonds. The van der Waals surface area contributed by atoms with E-state index in [9.17, 15) is 0 Å². The third-order valence-electron chi connectivity index (χ3n) is 1.81. The number of rotatable bonds is 1. The molecule has 0 radical (unpaired) electrons. The number of aromatic nitrogens is 1. The van der Waals surface area contributed by atoms with E-state index in [0.29, 0.717) is 6.04 Å². The molecule has 0 bridgehead atoms. The SMILES string of the molecule is c1csc([C@H]2CCCN2)n1. The molecule has 1 aromatic heterocycles. The quantitative estimate of drug-likeness (QED) is 0.664. The standard InChI is InChI=1S/C7H10N2S/c1-2-6(8-3-1)7-9-4-5-10-7/h4-6,8H,1-3H2/t6-/m1/s1. The Bertz CT molecular complexity index is 189. The van der Waals surface area contributed by atoms with E-state index >= 15 is 0 Å². The van der Waals surface area contributed by atoms with Crippen molar-refractivity contribution < 1.29 is 0 Å². The monoisotopic (exact) mass is 154 g/mol. The molecule has 2 nitrogen and oxygen atoms in total. The van der Waals surface area contributed by atoms with Crippen molar-refractivity contribution in [3.05, 3.63) is 16.6 Å². The molecule has 1 N–H and O–H groups in total. The zero-order valence-electron chi connectivity index (χ0n) is 5.71. The zero-order chi connectivity index (χ0) is 6.81. The van der Waals surface area contributed by atoms with Gasteiger partial charge in [0.15, 0.2) is 0 Å². The Morgan fingerprint density at radius 1 is 1.70 bits per heavy atom. The van der Waals surface area contributed by atoms with Crippen molar-refractivity contribution >= 4 is 11.3 Å². The second-order valence-electron chi connectivity index (χ2n) is 2.52. The minimum Gasteiger partial charge on any atom is -0.308 e. The van der Waals surface area contributed by atoms with Crippen LogP contribution in [0.25, 0.3) is 0 Å². The number of hydrogen-bond donors (Lipinski definition) is 1. The lowest BCUT2D eigenvalue weighted by Crippen LogP contribution is -2.12. The van der Waals surface area contributed by atoms with Crippen LogP contribution in [0.3, 0.4) is 0 Å². The average Bonchev–Trinajstić information content (AvgIpc) is 2.59. The van der Waals surface area contributed by atoms with Gasteiger partial charge in [-0.3, -0.25) is 0 Å². The van der Waals surface area contributed by atoms with Gasteiger partial charge >= 0.3 is 0 Å². The van der Waals surface area contributed by atoms with Crippen molar-refractivity contribution in [2.75, 3.05) is 6.54 Å². The molecule has 54 valence electrons. The van der Waals surface area contributed by atoms with Gasteiger partial charge in [-0.2, -0.15) is 0 Å². The van der Waals surface area contributed by atoms with Crippen molar-refractivity contribution in [1.82, 2.24) is 10.3 Å². The molecule has 1 aromatic rings. The Kier molecular flexibility index (Phi) is 1.69. The smallest absolute Gasteiger partial charge is 0.109 e. The maximum atomic E-state index is 4.25. The third-order valence-corrected chi connectivity index (χ3v) is 2.70. The Morgan fingerprint density at radius 3 is 3.30 bits per heavy atom. The summed E-state index contributed by atoms with van der Waals surface area (Å²) in [5.74, 6) is 0. The number of nitrogens with zero attached hydrogens (tertiary/aromatic N) is 1. The van der Waals surface area contributed by atoms with Gasteiger partial charge in [0.05, 0.1) is 6.04 Å². The van der Waals surface area contributed by atoms with Crippen molar-refractivity contribution in [3.63, 3.8) is 0 Å². The Hall–Kier alpha value is -0.410. The minimum absolute atomic E-state index is 0.556. The predicted molar refractivity (Wildman–Crippen MR) is 42.1 cm³/mol. The Morgan fingerprint density at radius 2 is 2.70 bits per heavy atom. The largest absolute Gasteiger partial charge is 0.308 e. The van der Waals surface area contributed by atoms with E-state index in [0.717, 1.165) is 6.54 Å². The summed E-state index contributed by atoms with van der Waals surface area (Å²) in [5, 5.41) is 6.69. The lowest BCUT2D eigenvalue weighted by molar-refractivity contribution is 0.643. The summed E-state index contributed by atoms with van der Waals surface area (Å²) in [4.78, 5) is 4.25. The molecule has 2 heterocycles. The van der Waals surface area contributed by atoms with Gasteiger partial charge in [0.1, 0.15) is 5.01 Å². The molecule has 1 fully saturated rings. The van der Waals surface area contributed by atoms with Crippen LogP contribution in [0.4, 0.5) is 0 Å². The van der Waals surface area contributed by atoms with Gasteiger partial charge in [-0.25, -0.2) is 4.98 Å². The molecule has 1 saturated heterocycles. The minimum atomic E-state index is 0.556. The average molecular weight is 154 g/mol. The number of nitrogens with one attached hydrogen (secondary N) is 1. The van der Waals surface area contributed by atoms with Crippen LogP contribution < -0.4 is 5.32 Å². The lowest BCUT2D eigenvalue weighted by Gasteiger charge is -2.03. The van der Waals surface area contributed by atoms with Gasteiger partial charge in [-0.15, -0.1) is 11.3 Å². The van der Waals surface area contributed by atoms with Crippen LogP contribution >= 0.6 is 11.3 Å². The van der Waals surface area contributed by atoms with Crippen molar-refractivity contribution in [1.29, 1.82) is 0 Å². The van der Waals surface area contributed by atoms with Crippen LogP contribution in [-0.2, 0) is 0 Å². The molecule has 1 aliphatic rings. The fourth-order valence-corrected chi connectivity index (χ4v) is 2.05. The van der Waals surface area contributed by atoms with Gasteiger partial charge in [-0.05, 0) is 19.4 Å². The molecule has 0 saturated carbocycles. The molecular weight excluding hydrogens is 144 g/mol. The lowest BCUT2D eigenvalue weighted by atomic mass is 10.2. The van der Waals surface area contributed by atoms with Crippen molar-refractivity contribution in [2.45, 2.75) is 18.9 Å². The molecular formula is C7H10N2S. The number of hydrogen-bond acceptors (Lipinski definition) is 3. The third kappa shape index (κ3) is 1.07. The summed E-state index contributed by atoms with van der Waals surface area (Å²) in [6.45, 7) is 1.16. The molecule has 10 heavy (non-hydrogen) atoms. The maximum Gasteiger partial charge on any atom is 0.109 e. The van der Waals surface area contributed by atoms with Crippen LogP contribution in [-0.4, -0.2) is 11.5 Å². The van der Waals surface area contributed by atoms with Crippen LogP contribution in [0.5, 0.6) is 0 Å². The second-order valence-corrected chi connectivity index (χ2v) is 3.45. The Balaban J connectivity index is 2.12. The summed E-state index contributed by atoms with van der Waals surface area (Å²) < 4.78 is 0. The highest BCUT2D eigenvalue weighted by atomic mass is 32.1. The fourth-order valence-electron chi connectivity index (χ4n) is 1.30. The molecule has 0 aliphatic carbocycles. The topological polar surface area (TPSA) is 24.9 Å². The van der Waals surface area contributed by atoms with E-state index in [1.807, 2.05) is 11.6 Å². The summed E-state index contributed by atoms with van der Waals surface area (Å²) in [6.07, 6.45) is 4.43. The highest BCUT2D eigenvalue weighted by molar-refractivity contribution is 7.09. The summed E-state index contributed by atoms with van der Waals surface area (Å²) in [6, 6.07) is 0.556. The van der Waals surface area contributed by atoms with Gasteiger partial charge in [0, 0.05) is 11.6 Å². The van der Waals surface area contributed by atoms with Gasteiger partial charge < -0.3 is 5.32 Å². The van der Waals surface area contributed by atoms with Crippen LogP contribution in [0.1, 0.15) is 23.9 Å². The van der Waals surface area contributed by atoms with E-state index in [2.05, 4.69) is 10.3 Å². The Labute approximate surface area is 64.3 Å². The van der Waals surface area contributed by atoms with E-state index in [4.69, 9.17) is 0 Å². The van der Waals surface area contributed by atoms with Gasteiger partial charge in [0.25, 0.3) is 0 Å². The summed E-state index contributed by atoms with van der Waals surface area (Å²) in [5.41, 5.74) is 0. The van der Waals surface area contributed by atoms with E-state index < -0.39 is 0 Å². The summed E-state index contributed by atoms with van der Waals surface area (Å²) >= 11 is 1.75. The molecule has 0 aromatic carbocycles. The first-order chi connectivity index (χ1) is 4.97. The van der Waals surface area contributed by atoms with Crippen LogP contribution in [0.15, 0.2) is 11.6 Å². The molecule has 1 atom stereocenters. The summed E-state index contributed by atoms with van der Waals surface area (Å²) in [7, 11) is 0. The molecule has 1 aliphatic heterocycles. The van der Waals surface area contributed by atoms with Crippen LogP contribution in [0, 0.1) is 0 Å². The molecule has 0 unspecified atom stereocenters. The molecule has 3 heteroatoms. The zero-order valence-corrected chi connectivity index (χ0v) is 6.53. The first kappa shape index (κ1) is 6.31. The second kappa shape index (κ2) is 2.68. The predicted octanol–water partition coefficient (Wildman–Crippen LogP) is 1.57. The molecule has 2 rings (SSSR count). The normalized spacial score (nSPS) is 25.4. The maximum absolute atomic E-state index is 4.25. The van der Waals surface area contributed by atoms with Gasteiger partial charge in [0.2, 0.25) is 0 Å². The van der Waals surface area contributed by atoms with Crippen molar-refractivity contribution in [3.8, 4) is 0 Å². The highest BCUT2D eigenvalue weighted by Gasteiger charge is 2.17. The first-order valence-electron chi connectivity index (χ1n) is 3.59. The molecule has 0 spiro atoms. The fraction of sp³-hybridized carbons (Fsp3) is 0.571. The van der Waals surface area contributed by atoms with Gasteiger partial charge in [-0.1, -0.05) is 0 Å². The van der Waals surface area contributed by atoms with Crippen molar-refractivity contribution in [2.24, 2.45) is 0 Å². The van der Waals surface area contributed by atoms with Crippen LogP contribution in [0.2, 0.25) is 0 Å². The van der Waals surface area contributed by atoms with E-state index in [1.165, 1.54) is 17.8 Å². The number of thiazole rings is 1. The van der Waals surface area contributed by atoms with E-state index in [-0.39, 0.29) is 0 Å².